The van der Waals surface area contributed by atoms with Gasteiger partial charge in [0.15, 0.2) is 0 Å². The van der Waals surface area contributed by atoms with Crippen LogP contribution in [-0.2, 0) is 0 Å². The highest BCUT2D eigenvalue weighted by Crippen LogP contribution is 2.42. The third-order valence-corrected chi connectivity index (χ3v) is 4.75. The molecule has 0 spiro atoms. The maximum absolute atomic E-state index is 13.6. The number of hydrazone groups is 1. The molecule has 2 N–H and O–H groups in total. The number of aryl methyl sites for hydroxylation is 1. The molecule has 0 saturated carbocycles. The number of benzene rings is 2. The van der Waals surface area contributed by atoms with Crippen LogP contribution in [-0.4, -0.2) is 38.7 Å². The van der Waals surface area contributed by atoms with E-state index in [1.807, 2.05) is 0 Å². The van der Waals surface area contributed by atoms with Crippen LogP contribution in [0.5, 0.6) is 5.75 Å². The van der Waals surface area contributed by atoms with E-state index >= 15 is 0 Å². The fourth-order valence-corrected chi connectivity index (χ4v) is 3.15. The maximum atomic E-state index is 13.6. The molecule has 1 atom stereocenters. The number of nitrogens with zero attached hydrogens (tertiary/aromatic N) is 2. The van der Waals surface area contributed by atoms with Crippen LogP contribution in [0.25, 0.3) is 0 Å². The van der Waals surface area contributed by atoms with Crippen LogP contribution in [0.2, 0.25) is 0 Å². The summed E-state index contributed by atoms with van der Waals surface area (Å²) < 4.78 is 41.5. The van der Waals surface area contributed by atoms with Gasteiger partial charge in [0.2, 0.25) is 0 Å². The zero-order valence-electron chi connectivity index (χ0n) is 14.0. The monoisotopic (exact) mass is 442 g/mol. The lowest BCUT2D eigenvalue weighted by Crippen LogP contribution is -2.56. The van der Waals surface area contributed by atoms with Crippen molar-refractivity contribution in [3.63, 3.8) is 0 Å². The molecule has 0 fully saturated rings. The van der Waals surface area contributed by atoms with Gasteiger partial charge in [-0.2, -0.15) is 23.3 Å². The molecule has 0 aliphatic carbocycles. The second-order valence-electron chi connectivity index (χ2n) is 6.14. The van der Waals surface area contributed by atoms with Gasteiger partial charge < -0.3 is 10.2 Å². The Morgan fingerprint density at radius 3 is 2.56 bits per heavy atom. The SMILES string of the molecule is Cc1cccc(C(=O)N2N=C(c3cccc(Br)c3)C[C@@]2(O)C(F)(F)F)c1O. The second-order valence-corrected chi connectivity index (χ2v) is 7.05. The molecule has 5 nitrogen and oxygen atoms in total. The summed E-state index contributed by atoms with van der Waals surface area (Å²) in [4.78, 5) is 12.7. The summed E-state index contributed by atoms with van der Waals surface area (Å²) in [6, 6.07) is 10.4. The van der Waals surface area contributed by atoms with Crippen molar-refractivity contribution in [3.8, 4) is 5.75 Å². The van der Waals surface area contributed by atoms with Crippen molar-refractivity contribution >= 4 is 27.5 Å². The molecule has 1 aliphatic heterocycles. The number of amides is 1. The average molecular weight is 443 g/mol. The van der Waals surface area contributed by atoms with Crippen LogP contribution in [0.3, 0.4) is 0 Å². The quantitative estimate of drug-likeness (QED) is 0.738. The van der Waals surface area contributed by atoms with Crippen LogP contribution < -0.4 is 0 Å². The van der Waals surface area contributed by atoms with Gasteiger partial charge >= 0.3 is 6.18 Å². The van der Waals surface area contributed by atoms with Crippen molar-refractivity contribution in [3.05, 3.63) is 63.6 Å². The smallest absolute Gasteiger partial charge is 0.438 e. The number of hydrogen-bond donors (Lipinski definition) is 2. The molecule has 0 bridgehead atoms. The first-order chi connectivity index (χ1) is 12.5. The summed E-state index contributed by atoms with van der Waals surface area (Å²) in [5.41, 5.74) is -3.35. The standard InChI is InChI=1S/C18H14BrF3N2O3/c1-10-4-2-7-13(15(10)25)16(26)24-17(27,18(20,21)22)9-14(23-24)11-5-3-6-12(19)8-11/h2-8,25,27H,9H2,1H3/t17-/m1/s1. The van der Waals surface area contributed by atoms with Crippen molar-refractivity contribution < 1.29 is 28.2 Å². The summed E-state index contributed by atoms with van der Waals surface area (Å²) in [6.07, 6.45) is -6.08. The molecule has 3 rings (SSSR count). The molecule has 0 unspecified atom stereocenters. The summed E-state index contributed by atoms with van der Waals surface area (Å²) in [5, 5.41) is 24.2. The minimum atomic E-state index is -5.15. The third-order valence-electron chi connectivity index (χ3n) is 4.26. The van der Waals surface area contributed by atoms with E-state index in [-0.39, 0.29) is 16.3 Å². The van der Waals surface area contributed by atoms with Gasteiger partial charge in [-0.3, -0.25) is 4.79 Å². The minimum absolute atomic E-state index is 0.00225. The van der Waals surface area contributed by atoms with Gasteiger partial charge in [-0.15, -0.1) is 0 Å². The van der Waals surface area contributed by atoms with Gasteiger partial charge in [-0.1, -0.05) is 40.2 Å². The number of aliphatic hydroxyl groups is 1. The van der Waals surface area contributed by atoms with Gasteiger partial charge in [0.25, 0.3) is 11.6 Å². The average Bonchev–Trinajstić information content (AvgIpc) is 2.96. The molecule has 0 aromatic heterocycles. The van der Waals surface area contributed by atoms with E-state index in [4.69, 9.17) is 0 Å². The fourth-order valence-electron chi connectivity index (χ4n) is 2.75. The number of hydrogen-bond acceptors (Lipinski definition) is 4. The van der Waals surface area contributed by atoms with E-state index in [0.717, 1.165) is 0 Å². The first kappa shape index (κ1) is 19.4. The van der Waals surface area contributed by atoms with E-state index in [1.165, 1.54) is 37.3 Å². The third kappa shape index (κ3) is 3.32. The van der Waals surface area contributed by atoms with Gasteiger partial charge in [-0.05, 0) is 36.2 Å². The highest BCUT2D eigenvalue weighted by Gasteiger charge is 2.63. The Morgan fingerprint density at radius 1 is 1.26 bits per heavy atom. The number of aromatic hydroxyl groups is 1. The predicted molar refractivity (Wildman–Crippen MR) is 95.3 cm³/mol. The van der Waals surface area contributed by atoms with E-state index in [1.54, 1.807) is 12.1 Å². The molecular formula is C18H14BrF3N2O3. The lowest BCUT2D eigenvalue weighted by molar-refractivity contribution is -0.297. The van der Waals surface area contributed by atoms with E-state index in [2.05, 4.69) is 21.0 Å². The van der Waals surface area contributed by atoms with E-state index in [0.29, 0.717) is 15.6 Å². The Morgan fingerprint density at radius 2 is 1.93 bits per heavy atom. The molecule has 0 saturated heterocycles. The number of rotatable bonds is 2. The van der Waals surface area contributed by atoms with Crippen molar-refractivity contribution in [1.82, 2.24) is 5.01 Å². The fraction of sp³-hybridized carbons (Fsp3) is 0.222. The van der Waals surface area contributed by atoms with Gasteiger partial charge in [0, 0.05) is 4.47 Å². The highest BCUT2D eigenvalue weighted by atomic mass is 79.9. The largest absolute Gasteiger partial charge is 0.507 e. The van der Waals surface area contributed by atoms with Crippen molar-refractivity contribution in [2.24, 2.45) is 5.10 Å². The van der Waals surface area contributed by atoms with Crippen LogP contribution in [0.15, 0.2) is 52.0 Å². The molecule has 9 heteroatoms. The molecule has 1 amide bonds. The molecule has 2 aromatic carbocycles. The molecule has 2 aromatic rings. The van der Waals surface area contributed by atoms with E-state index in [9.17, 15) is 28.2 Å². The predicted octanol–water partition coefficient (Wildman–Crippen LogP) is 3.96. The Hall–Kier alpha value is -2.39. The summed E-state index contributed by atoms with van der Waals surface area (Å²) in [7, 11) is 0. The number of carbonyl (C=O) groups is 1. The van der Waals surface area contributed by atoms with Gasteiger partial charge in [-0.25, -0.2) is 0 Å². The van der Waals surface area contributed by atoms with Crippen LogP contribution >= 0.6 is 15.9 Å². The first-order valence-corrected chi connectivity index (χ1v) is 8.59. The molecule has 142 valence electrons. The maximum Gasteiger partial charge on any atom is 0.438 e. The van der Waals surface area contributed by atoms with Crippen LogP contribution in [0.4, 0.5) is 13.2 Å². The molecule has 1 aliphatic rings. The van der Waals surface area contributed by atoms with Crippen LogP contribution in [0.1, 0.15) is 27.9 Å². The first-order valence-electron chi connectivity index (χ1n) is 7.80. The number of carbonyl (C=O) groups excluding carboxylic acids is 1. The summed E-state index contributed by atoms with van der Waals surface area (Å²) in [5.74, 6) is -1.71. The Bertz CT molecular complexity index is 946. The summed E-state index contributed by atoms with van der Waals surface area (Å²) >= 11 is 3.22. The molecule has 1 heterocycles. The number of para-hydroxylation sites is 1. The summed E-state index contributed by atoms with van der Waals surface area (Å²) in [6.45, 7) is 1.50. The van der Waals surface area contributed by atoms with Crippen molar-refractivity contribution in [2.45, 2.75) is 25.2 Å². The normalized spacial score (nSPS) is 19.9. The molecule has 27 heavy (non-hydrogen) atoms. The second kappa shape index (κ2) is 6.65. The zero-order valence-corrected chi connectivity index (χ0v) is 15.5. The zero-order chi connectivity index (χ0) is 20.0. The van der Waals surface area contributed by atoms with Gasteiger partial charge in [0.1, 0.15) is 5.75 Å². The Kier molecular flexibility index (Phi) is 4.77. The molecular weight excluding hydrogens is 429 g/mol. The Balaban J connectivity index is 2.11. The lowest BCUT2D eigenvalue weighted by atomic mass is 10.0. The van der Waals surface area contributed by atoms with Gasteiger partial charge in [0.05, 0.1) is 17.7 Å². The topological polar surface area (TPSA) is 73.1 Å². The Labute approximate surface area is 160 Å². The minimum Gasteiger partial charge on any atom is -0.507 e. The van der Waals surface area contributed by atoms with Crippen molar-refractivity contribution in [1.29, 1.82) is 0 Å². The number of phenolic OH excluding ortho intramolecular Hbond substituents is 1. The highest BCUT2D eigenvalue weighted by molar-refractivity contribution is 9.10. The lowest BCUT2D eigenvalue weighted by Gasteiger charge is -2.32. The number of phenols is 1. The number of halogens is 4. The van der Waals surface area contributed by atoms with Crippen LogP contribution in [0, 0.1) is 6.92 Å². The molecule has 0 radical (unpaired) electrons. The van der Waals surface area contributed by atoms with E-state index < -0.39 is 30.0 Å². The number of alkyl halides is 3. The van der Waals surface area contributed by atoms with Crippen molar-refractivity contribution in [2.75, 3.05) is 0 Å².